The minimum Gasteiger partial charge on any atom is -0.462 e. The van der Waals surface area contributed by atoms with Crippen molar-refractivity contribution in [1.29, 1.82) is 0 Å². The summed E-state index contributed by atoms with van der Waals surface area (Å²) in [5, 5.41) is 11.1. The highest BCUT2D eigenvalue weighted by Gasteiger charge is 2.25. The molecule has 0 spiro atoms. The predicted octanol–water partition coefficient (Wildman–Crippen LogP) is 1.65. The van der Waals surface area contributed by atoms with Gasteiger partial charge in [-0.2, -0.15) is 0 Å². The summed E-state index contributed by atoms with van der Waals surface area (Å²) in [6, 6.07) is 8.44. The largest absolute Gasteiger partial charge is 0.462 e. The monoisotopic (exact) mass is 383 g/mol. The number of hydrogen-bond donors (Lipinski definition) is 2. The van der Waals surface area contributed by atoms with Crippen LogP contribution in [0.15, 0.2) is 30.3 Å². The molecular weight excluding hydrogens is 354 g/mol. The number of esters is 1. The maximum Gasteiger partial charge on any atom is 0.408 e. The van der Waals surface area contributed by atoms with Gasteiger partial charge in [-0.1, -0.05) is 30.3 Å². The van der Waals surface area contributed by atoms with Crippen LogP contribution in [0.5, 0.6) is 0 Å². The second kappa shape index (κ2) is 12.3. The van der Waals surface area contributed by atoms with E-state index in [-0.39, 0.29) is 33.0 Å². The fourth-order valence-corrected chi connectivity index (χ4v) is 1.96. The van der Waals surface area contributed by atoms with Gasteiger partial charge in [-0.3, -0.25) is 0 Å². The van der Waals surface area contributed by atoms with Gasteiger partial charge in [0, 0.05) is 0 Å². The molecule has 1 atom stereocenters. The highest BCUT2D eigenvalue weighted by molar-refractivity contribution is 5.81. The van der Waals surface area contributed by atoms with Crippen molar-refractivity contribution in [2.45, 2.75) is 39.0 Å². The third-order valence-corrected chi connectivity index (χ3v) is 3.08. The second-order valence-corrected chi connectivity index (χ2v) is 6.70. The third-order valence-electron chi connectivity index (χ3n) is 3.08. The molecule has 0 aliphatic rings. The van der Waals surface area contributed by atoms with E-state index in [0.29, 0.717) is 6.61 Å². The zero-order valence-corrected chi connectivity index (χ0v) is 16.1. The van der Waals surface area contributed by atoms with Crippen molar-refractivity contribution < 1.29 is 33.6 Å². The molecule has 0 unspecified atom stereocenters. The number of aliphatic hydroxyl groups excluding tert-OH is 1. The van der Waals surface area contributed by atoms with Crippen LogP contribution in [0, 0.1) is 0 Å². The third kappa shape index (κ3) is 11.2. The summed E-state index contributed by atoms with van der Waals surface area (Å²) in [7, 11) is 0. The van der Waals surface area contributed by atoms with Crippen LogP contribution in [0.2, 0.25) is 0 Å². The summed E-state index contributed by atoms with van der Waals surface area (Å²) in [6.07, 6.45) is -0.732. The molecule has 0 saturated carbocycles. The topological polar surface area (TPSA) is 103 Å². The van der Waals surface area contributed by atoms with Gasteiger partial charge in [-0.05, 0) is 26.3 Å². The van der Waals surface area contributed by atoms with Crippen molar-refractivity contribution in [2.24, 2.45) is 0 Å². The van der Waals surface area contributed by atoms with E-state index in [1.807, 2.05) is 30.3 Å². The van der Waals surface area contributed by atoms with Gasteiger partial charge >= 0.3 is 12.1 Å². The molecule has 2 N–H and O–H groups in total. The maximum atomic E-state index is 12.2. The normalized spacial score (nSPS) is 12.3. The molecule has 27 heavy (non-hydrogen) atoms. The quantitative estimate of drug-likeness (QED) is 0.442. The molecule has 0 heterocycles. The summed E-state index contributed by atoms with van der Waals surface area (Å²) in [4.78, 5) is 24.2. The first-order valence-electron chi connectivity index (χ1n) is 8.78. The van der Waals surface area contributed by atoms with Crippen molar-refractivity contribution in [1.82, 2.24) is 5.32 Å². The molecule has 0 fully saturated rings. The fraction of sp³-hybridized carbons (Fsp3) is 0.579. The molecule has 8 nitrogen and oxygen atoms in total. The number of carbonyl (C=O) groups is 2. The van der Waals surface area contributed by atoms with E-state index in [4.69, 9.17) is 24.1 Å². The lowest BCUT2D eigenvalue weighted by Crippen LogP contribution is -2.47. The molecule has 152 valence electrons. The highest BCUT2D eigenvalue weighted by Crippen LogP contribution is 2.07. The maximum absolute atomic E-state index is 12.2. The van der Waals surface area contributed by atoms with E-state index in [9.17, 15) is 9.59 Å². The van der Waals surface area contributed by atoms with E-state index in [1.54, 1.807) is 20.8 Å². The molecule has 1 rings (SSSR count). The molecule has 0 aromatic heterocycles. The van der Waals surface area contributed by atoms with Crippen molar-refractivity contribution in [3.8, 4) is 0 Å². The Balaban J connectivity index is 2.53. The minimum absolute atomic E-state index is 0.00399. The Labute approximate surface area is 159 Å². The molecule has 0 bridgehead atoms. The Morgan fingerprint density at radius 3 is 2.41 bits per heavy atom. The molecule has 0 aliphatic carbocycles. The zero-order valence-electron chi connectivity index (χ0n) is 16.1. The molecule has 8 heteroatoms. The molecule has 1 aromatic carbocycles. The lowest BCUT2D eigenvalue weighted by molar-refractivity contribution is -0.149. The van der Waals surface area contributed by atoms with Crippen molar-refractivity contribution in [3.05, 3.63) is 35.9 Å². The number of ether oxygens (including phenoxy) is 4. The van der Waals surface area contributed by atoms with Crippen LogP contribution < -0.4 is 5.32 Å². The number of carbonyl (C=O) groups excluding carboxylic acids is 2. The van der Waals surface area contributed by atoms with E-state index in [1.165, 1.54) is 0 Å². The van der Waals surface area contributed by atoms with E-state index >= 15 is 0 Å². The Morgan fingerprint density at radius 1 is 1.07 bits per heavy atom. The Hall–Kier alpha value is -2.16. The second-order valence-electron chi connectivity index (χ2n) is 6.70. The van der Waals surface area contributed by atoms with Crippen molar-refractivity contribution >= 4 is 12.1 Å². The Bertz CT molecular complexity index is 557. The molecule has 1 aromatic rings. The minimum atomic E-state index is -1.01. The summed E-state index contributed by atoms with van der Waals surface area (Å²) < 4.78 is 20.8. The lowest BCUT2D eigenvalue weighted by atomic mass is 10.2. The summed E-state index contributed by atoms with van der Waals surface area (Å²) in [6.45, 7) is 5.62. The number of hydrogen-bond acceptors (Lipinski definition) is 7. The van der Waals surface area contributed by atoms with E-state index in [2.05, 4.69) is 5.32 Å². The molecular formula is C19H29NO7. The van der Waals surface area contributed by atoms with Gasteiger partial charge in [0.15, 0.2) is 6.04 Å². The van der Waals surface area contributed by atoms with Gasteiger partial charge in [0.25, 0.3) is 0 Å². The predicted molar refractivity (Wildman–Crippen MR) is 98.1 cm³/mol. The Morgan fingerprint density at radius 2 is 1.78 bits per heavy atom. The van der Waals surface area contributed by atoms with Gasteiger partial charge in [0.1, 0.15) is 12.2 Å². The summed E-state index contributed by atoms with van der Waals surface area (Å²) in [5.74, 6) is -0.651. The molecule has 0 aliphatic heterocycles. The SMILES string of the molecule is CC(C)(C)OC(=O)N[C@@H](COCc1ccccc1)C(=O)OCCOCCO. The van der Waals surface area contributed by atoms with Crippen LogP contribution in [0.3, 0.4) is 0 Å². The summed E-state index contributed by atoms with van der Waals surface area (Å²) >= 11 is 0. The van der Waals surface area contributed by atoms with Crippen LogP contribution in [0.4, 0.5) is 4.79 Å². The number of alkyl carbamates (subject to hydrolysis) is 1. The van der Waals surface area contributed by atoms with Crippen molar-refractivity contribution in [3.63, 3.8) is 0 Å². The van der Waals surface area contributed by atoms with Crippen molar-refractivity contribution in [2.75, 3.05) is 33.0 Å². The van der Waals surface area contributed by atoms with Crippen LogP contribution in [0.1, 0.15) is 26.3 Å². The highest BCUT2D eigenvalue weighted by atomic mass is 16.6. The molecule has 0 saturated heterocycles. The zero-order chi connectivity index (χ0) is 20.1. The van der Waals surface area contributed by atoms with Crippen LogP contribution in [-0.4, -0.2) is 61.8 Å². The first-order chi connectivity index (χ1) is 12.8. The number of amides is 1. The average Bonchev–Trinajstić information content (AvgIpc) is 2.60. The van der Waals surface area contributed by atoms with Crippen LogP contribution in [0.25, 0.3) is 0 Å². The smallest absolute Gasteiger partial charge is 0.408 e. The number of aliphatic hydroxyl groups is 1. The number of nitrogens with one attached hydrogen (secondary N) is 1. The molecule has 0 radical (unpaired) electrons. The van der Waals surface area contributed by atoms with E-state index < -0.39 is 23.7 Å². The first-order valence-corrected chi connectivity index (χ1v) is 8.78. The van der Waals surface area contributed by atoms with Crippen LogP contribution >= 0.6 is 0 Å². The molecule has 1 amide bonds. The standard InChI is InChI=1S/C19H29NO7/c1-19(2,3)27-18(23)20-16(17(22)26-12-11-24-10-9-21)14-25-13-15-7-5-4-6-8-15/h4-8,16,21H,9-14H2,1-3H3,(H,20,23)/t16-/m0/s1. The number of benzene rings is 1. The lowest BCUT2D eigenvalue weighted by Gasteiger charge is -2.23. The van der Waals surface area contributed by atoms with Gasteiger partial charge in [0.05, 0.1) is 33.0 Å². The Kier molecular flexibility index (Phi) is 10.4. The van der Waals surface area contributed by atoms with Gasteiger partial charge < -0.3 is 29.4 Å². The van der Waals surface area contributed by atoms with Gasteiger partial charge in [-0.15, -0.1) is 0 Å². The van der Waals surface area contributed by atoms with Gasteiger partial charge in [0.2, 0.25) is 0 Å². The summed E-state index contributed by atoms with van der Waals surface area (Å²) in [5.41, 5.74) is 0.251. The van der Waals surface area contributed by atoms with Gasteiger partial charge in [-0.25, -0.2) is 9.59 Å². The van der Waals surface area contributed by atoms with E-state index in [0.717, 1.165) is 5.56 Å². The average molecular weight is 383 g/mol. The number of rotatable bonds is 11. The fourth-order valence-electron chi connectivity index (χ4n) is 1.96. The van der Waals surface area contributed by atoms with Crippen LogP contribution in [-0.2, 0) is 30.3 Å². The first kappa shape index (κ1) is 22.9.